The number of aromatic nitrogens is 3. The summed E-state index contributed by atoms with van der Waals surface area (Å²) < 4.78 is 6.28. The summed E-state index contributed by atoms with van der Waals surface area (Å²) in [7, 11) is 2.09. The molecule has 1 N–H and O–H groups in total. The van der Waals surface area contributed by atoms with Gasteiger partial charge in [-0.15, -0.1) is 0 Å². The van der Waals surface area contributed by atoms with E-state index < -0.39 is 5.97 Å². The highest BCUT2D eigenvalue weighted by molar-refractivity contribution is 5.95. The molecule has 1 aliphatic rings. The van der Waals surface area contributed by atoms with Crippen molar-refractivity contribution in [3.63, 3.8) is 0 Å². The van der Waals surface area contributed by atoms with Gasteiger partial charge in [0, 0.05) is 37.1 Å². The summed E-state index contributed by atoms with van der Waals surface area (Å²) in [4.78, 5) is 31.3. The van der Waals surface area contributed by atoms with Crippen LogP contribution < -0.4 is 10.5 Å². The van der Waals surface area contributed by atoms with Crippen LogP contribution in [0.4, 0.5) is 5.69 Å². The zero-order valence-corrected chi connectivity index (χ0v) is 15.4. The molecule has 2 heterocycles. The molecule has 7 nitrogen and oxygen atoms in total. The van der Waals surface area contributed by atoms with Crippen molar-refractivity contribution in [3.8, 4) is 11.3 Å². The van der Waals surface area contributed by atoms with E-state index in [0.29, 0.717) is 5.69 Å². The molecule has 1 aliphatic carbocycles. The van der Waals surface area contributed by atoms with E-state index in [-0.39, 0.29) is 23.4 Å². The number of nitrogens with one attached hydrogen (secondary N) is 1. The van der Waals surface area contributed by atoms with E-state index in [0.717, 1.165) is 23.7 Å². The summed E-state index contributed by atoms with van der Waals surface area (Å²) >= 11 is 0. The topological polar surface area (TPSA) is 79.7 Å². The number of nitrogens with zero attached hydrogens (tertiary/aromatic N) is 3. The van der Waals surface area contributed by atoms with Gasteiger partial charge in [-0.2, -0.15) is 0 Å². The minimum atomic E-state index is -0.502. The van der Waals surface area contributed by atoms with E-state index in [1.165, 1.54) is 29.6 Å². The van der Waals surface area contributed by atoms with Crippen LogP contribution in [0.3, 0.4) is 0 Å². The lowest BCUT2D eigenvalue weighted by Gasteiger charge is -2.19. The van der Waals surface area contributed by atoms with Gasteiger partial charge in [0.05, 0.1) is 12.3 Å². The fourth-order valence-electron chi connectivity index (χ4n) is 3.17. The molecule has 0 aliphatic heterocycles. The molecule has 0 bridgehead atoms. The third-order valence-electron chi connectivity index (χ3n) is 4.83. The van der Waals surface area contributed by atoms with Crippen molar-refractivity contribution in [2.24, 2.45) is 5.92 Å². The molecule has 140 valence electrons. The monoisotopic (exact) mass is 366 g/mol. The Kier molecular flexibility index (Phi) is 4.43. The van der Waals surface area contributed by atoms with Gasteiger partial charge in [0.1, 0.15) is 5.56 Å². The second-order valence-corrected chi connectivity index (χ2v) is 6.92. The summed E-state index contributed by atoms with van der Waals surface area (Å²) in [6.45, 7) is 3.06. The predicted molar refractivity (Wildman–Crippen MR) is 103 cm³/mol. The number of aromatic amines is 1. The minimum Gasteiger partial charge on any atom is -0.462 e. The molecule has 0 radical (unpaired) electrons. The Hall–Kier alpha value is -3.09. The highest BCUT2D eigenvalue weighted by Crippen LogP contribution is 2.31. The maximum Gasteiger partial charge on any atom is 0.343 e. The van der Waals surface area contributed by atoms with Gasteiger partial charge in [0.25, 0.3) is 5.56 Å². The first-order valence-corrected chi connectivity index (χ1v) is 9.16. The van der Waals surface area contributed by atoms with Crippen molar-refractivity contribution in [2.75, 3.05) is 25.1 Å². The molecule has 1 saturated carbocycles. The Morgan fingerprint density at radius 2 is 2.07 bits per heavy atom. The van der Waals surface area contributed by atoms with Crippen LogP contribution in [0.5, 0.6) is 0 Å². The molecular weight excluding hydrogens is 344 g/mol. The van der Waals surface area contributed by atoms with Crippen LogP contribution in [0.2, 0.25) is 0 Å². The van der Waals surface area contributed by atoms with Gasteiger partial charge in [-0.05, 0) is 37.8 Å². The molecule has 0 unspecified atom stereocenters. The summed E-state index contributed by atoms with van der Waals surface area (Å²) in [5.41, 5.74) is 2.73. The standard InChI is InChI=1S/C20H22N4O3/c1-3-27-20(26)16-11-21-24-18(25)10-17(22-19(16)24)14-6-8-15(9-7-14)23(2)12-13-4-5-13/h6-11,13,21H,3-5,12H2,1-2H3. The Balaban J connectivity index is 1.67. The SMILES string of the molecule is CCOC(=O)c1c[nH]n2c(=O)cc(-c3ccc(N(C)CC4CC4)cc3)nc12. The van der Waals surface area contributed by atoms with Gasteiger partial charge in [-0.1, -0.05) is 12.1 Å². The predicted octanol–water partition coefficient (Wildman–Crippen LogP) is 2.71. The fraction of sp³-hybridized carbons (Fsp3) is 0.350. The van der Waals surface area contributed by atoms with E-state index in [2.05, 4.69) is 22.0 Å². The Morgan fingerprint density at radius 3 is 2.74 bits per heavy atom. The second-order valence-electron chi connectivity index (χ2n) is 6.92. The smallest absolute Gasteiger partial charge is 0.343 e. The zero-order valence-electron chi connectivity index (χ0n) is 15.4. The summed E-state index contributed by atoms with van der Waals surface area (Å²) in [6, 6.07) is 9.43. The van der Waals surface area contributed by atoms with Crippen LogP contribution in [0.15, 0.2) is 41.3 Å². The number of ether oxygens (including phenoxy) is 1. The van der Waals surface area contributed by atoms with Crippen molar-refractivity contribution < 1.29 is 9.53 Å². The second kappa shape index (κ2) is 6.90. The minimum absolute atomic E-state index is 0.247. The molecule has 0 spiro atoms. The maximum absolute atomic E-state index is 12.4. The number of hydrogen-bond donors (Lipinski definition) is 1. The fourth-order valence-corrected chi connectivity index (χ4v) is 3.17. The lowest BCUT2D eigenvalue weighted by atomic mass is 10.1. The molecule has 4 rings (SSSR count). The number of carbonyl (C=O) groups is 1. The summed E-state index contributed by atoms with van der Waals surface area (Å²) in [5, 5.41) is 2.76. The number of esters is 1. The molecule has 0 atom stereocenters. The quantitative estimate of drug-likeness (QED) is 0.679. The van der Waals surface area contributed by atoms with Gasteiger partial charge in [0.15, 0.2) is 5.65 Å². The molecule has 3 aromatic rings. The molecule has 0 saturated heterocycles. The Morgan fingerprint density at radius 1 is 1.33 bits per heavy atom. The van der Waals surface area contributed by atoms with E-state index in [1.807, 2.05) is 24.3 Å². The van der Waals surface area contributed by atoms with Crippen molar-refractivity contribution in [3.05, 3.63) is 52.4 Å². The lowest BCUT2D eigenvalue weighted by molar-refractivity contribution is 0.0528. The third-order valence-corrected chi connectivity index (χ3v) is 4.83. The number of benzene rings is 1. The maximum atomic E-state index is 12.4. The summed E-state index contributed by atoms with van der Waals surface area (Å²) in [6.07, 6.45) is 4.08. The summed E-state index contributed by atoms with van der Waals surface area (Å²) in [5.74, 6) is 0.311. The number of rotatable bonds is 6. The number of H-pyrrole nitrogens is 1. The van der Waals surface area contributed by atoms with E-state index in [9.17, 15) is 9.59 Å². The zero-order chi connectivity index (χ0) is 19.0. The van der Waals surface area contributed by atoms with Crippen LogP contribution in [0.25, 0.3) is 16.9 Å². The Labute approximate surface area is 156 Å². The first-order chi connectivity index (χ1) is 13.1. The van der Waals surface area contributed by atoms with E-state index in [4.69, 9.17) is 4.74 Å². The van der Waals surface area contributed by atoms with E-state index >= 15 is 0 Å². The number of hydrogen-bond acceptors (Lipinski definition) is 5. The van der Waals surface area contributed by atoms with Crippen molar-refractivity contribution in [2.45, 2.75) is 19.8 Å². The molecule has 27 heavy (non-hydrogen) atoms. The van der Waals surface area contributed by atoms with E-state index in [1.54, 1.807) is 6.92 Å². The molecule has 1 fully saturated rings. The lowest BCUT2D eigenvalue weighted by Crippen LogP contribution is -2.19. The van der Waals surface area contributed by atoms with Crippen LogP contribution in [0.1, 0.15) is 30.1 Å². The normalized spacial score (nSPS) is 13.7. The van der Waals surface area contributed by atoms with Gasteiger partial charge >= 0.3 is 5.97 Å². The first-order valence-electron chi connectivity index (χ1n) is 9.16. The first kappa shape index (κ1) is 17.3. The van der Waals surface area contributed by atoms with Gasteiger partial charge in [-0.25, -0.2) is 14.3 Å². The van der Waals surface area contributed by atoms with Crippen molar-refractivity contribution in [1.82, 2.24) is 14.6 Å². The average molecular weight is 366 g/mol. The number of anilines is 1. The van der Waals surface area contributed by atoms with Crippen molar-refractivity contribution in [1.29, 1.82) is 0 Å². The van der Waals surface area contributed by atoms with Gasteiger partial charge in [0.2, 0.25) is 0 Å². The van der Waals surface area contributed by atoms with Crippen LogP contribution >= 0.6 is 0 Å². The van der Waals surface area contributed by atoms with Crippen LogP contribution in [-0.4, -0.2) is 40.8 Å². The number of carbonyl (C=O) groups excluding carboxylic acids is 1. The van der Waals surface area contributed by atoms with Crippen molar-refractivity contribution >= 4 is 17.3 Å². The highest BCUT2D eigenvalue weighted by Gasteiger charge is 2.23. The molecule has 7 heteroatoms. The van der Waals surface area contributed by atoms with Crippen LogP contribution in [0, 0.1) is 5.92 Å². The van der Waals surface area contributed by atoms with Crippen LogP contribution in [-0.2, 0) is 4.74 Å². The highest BCUT2D eigenvalue weighted by atomic mass is 16.5. The van der Waals surface area contributed by atoms with Gasteiger partial charge in [-0.3, -0.25) is 9.89 Å². The third kappa shape index (κ3) is 3.45. The van der Waals surface area contributed by atoms with Gasteiger partial charge < -0.3 is 9.64 Å². The number of fused-ring (bicyclic) bond motifs is 1. The largest absolute Gasteiger partial charge is 0.462 e. The molecule has 2 aromatic heterocycles. The molecule has 1 aromatic carbocycles. The molecular formula is C20H22N4O3. The molecule has 0 amide bonds. The average Bonchev–Trinajstić information content (AvgIpc) is 3.37. The Bertz CT molecular complexity index is 1030.